The topological polar surface area (TPSA) is 54.5 Å². The molecule has 0 saturated carbocycles. The summed E-state index contributed by atoms with van der Waals surface area (Å²) in [5.74, 6) is 0.205. The molecule has 7 heteroatoms. The summed E-state index contributed by atoms with van der Waals surface area (Å²) < 4.78 is 22.9. The third-order valence-electron chi connectivity index (χ3n) is 3.22. The molecule has 4 nitrogen and oxygen atoms in total. The van der Waals surface area contributed by atoms with Crippen molar-refractivity contribution >= 4 is 37.2 Å². The minimum absolute atomic E-state index is 0.166. The van der Waals surface area contributed by atoms with E-state index in [0.717, 1.165) is 6.42 Å². The molecule has 1 amide bonds. The standard InChI is InChI=1S/C14H19Cl2NO3S/c1-9(2)5-6-17(4)14(18)12-7-11(21(16,19)20)8-13(15)10(12)3/h7-9H,5-6H2,1-4H3. The van der Waals surface area contributed by atoms with Crippen LogP contribution in [0.1, 0.15) is 36.2 Å². The lowest BCUT2D eigenvalue weighted by molar-refractivity contribution is 0.0788. The highest BCUT2D eigenvalue weighted by Gasteiger charge is 2.21. The van der Waals surface area contributed by atoms with Gasteiger partial charge in [0.1, 0.15) is 0 Å². The minimum atomic E-state index is -3.93. The number of rotatable bonds is 5. The van der Waals surface area contributed by atoms with Gasteiger partial charge < -0.3 is 4.90 Å². The first-order chi connectivity index (χ1) is 9.54. The zero-order valence-electron chi connectivity index (χ0n) is 12.5. The van der Waals surface area contributed by atoms with Crippen LogP contribution in [0.5, 0.6) is 0 Å². The van der Waals surface area contributed by atoms with Gasteiger partial charge in [-0.2, -0.15) is 0 Å². The Morgan fingerprint density at radius 3 is 2.38 bits per heavy atom. The number of hydrogen-bond donors (Lipinski definition) is 0. The number of amides is 1. The van der Waals surface area contributed by atoms with Gasteiger partial charge in [-0.05, 0) is 37.0 Å². The summed E-state index contributed by atoms with van der Waals surface area (Å²) in [6, 6.07) is 2.53. The Hall–Kier alpha value is -0.780. The van der Waals surface area contributed by atoms with E-state index in [-0.39, 0.29) is 21.4 Å². The first-order valence-corrected chi connectivity index (χ1v) is 9.23. The van der Waals surface area contributed by atoms with Crippen LogP contribution in [0.4, 0.5) is 0 Å². The van der Waals surface area contributed by atoms with Gasteiger partial charge in [0.15, 0.2) is 0 Å². The second-order valence-corrected chi connectivity index (χ2v) is 8.40. The van der Waals surface area contributed by atoms with Crippen LogP contribution < -0.4 is 0 Å². The van der Waals surface area contributed by atoms with Gasteiger partial charge in [-0.25, -0.2) is 8.42 Å². The maximum atomic E-state index is 12.4. The van der Waals surface area contributed by atoms with Crippen molar-refractivity contribution in [3.05, 3.63) is 28.3 Å². The van der Waals surface area contributed by atoms with Crippen molar-refractivity contribution in [2.75, 3.05) is 13.6 Å². The van der Waals surface area contributed by atoms with E-state index >= 15 is 0 Å². The molecule has 1 aromatic carbocycles. The predicted octanol–water partition coefficient (Wildman–Crippen LogP) is 3.69. The van der Waals surface area contributed by atoms with Crippen molar-refractivity contribution in [2.45, 2.75) is 32.1 Å². The van der Waals surface area contributed by atoms with E-state index in [1.165, 1.54) is 12.1 Å². The Labute approximate surface area is 135 Å². The number of carbonyl (C=O) groups is 1. The van der Waals surface area contributed by atoms with E-state index in [1.807, 2.05) is 0 Å². The molecule has 0 aliphatic rings. The molecular formula is C14H19Cl2NO3S. The largest absolute Gasteiger partial charge is 0.342 e. The zero-order chi connectivity index (χ0) is 16.4. The lowest BCUT2D eigenvalue weighted by Gasteiger charge is -2.20. The fraction of sp³-hybridized carbons (Fsp3) is 0.500. The average molecular weight is 352 g/mol. The Bertz CT molecular complexity index is 642. The number of halogens is 2. The molecule has 0 aromatic heterocycles. The molecule has 0 fully saturated rings. The molecule has 0 heterocycles. The number of benzene rings is 1. The molecule has 118 valence electrons. The van der Waals surface area contributed by atoms with Gasteiger partial charge in [0.2, 0.25) is 0 Å². The van der Waals surface area contributed by atoms with Crippen LogP contribution in [0.2, 0.25) is 5.02 Å². The van der Waals surface area contributed by atoms with Gasteiger partial charge in [-0.1, -0.05) is 25.4 Å². The summed E-state index contributed by atoms with van der Waals surface area (Å²) in [6.45, 7) is 6.41. The van der Waals surface area contributed by atoms with Crippen molar-refractivity contribution in [3.8, 4) is 0 Å². The molecule has 0 radical (unpaired) electrons. The normalized spacial score (nSPS) is 11.8. The first-order valence-electron chi connectivity index (χ1n) is 6.54. The molecule has 0 unspecified atom stereocenters. The highest BCUT2D eigenvalue weighted by atomic mass is 35.7. The van der Waals surface area contributed by atoms with Crippen molar-refractivity contribution in [2.24, 2.45) is 5.92 Å². The van der Waals surface area contributed by atoms with Crippen molar-refractivity contribution in [1.29, 1.82) is 0 Å². The smallest absolute Gasteiger partial charge is 0.261 e. The molecule has 0 saturated heterocycles. The summed E-state index contributed by atoms with van der Waals surface area (Å²) in [4.78, 5) is 13.8. The summed E-state index contributed by atoms with van der Waals surface area (Å²) in [5, 5.41) is 0.206. The lowest BCUT2D eigenvalue weighted by atomic mass is 10.1. The summed E-state index contributed by atoms with van der Waals surface area (Å²) in [7, 11) is 3.08. The van der Waals surface area contributed by atoms with Crippen LogP contribution >= 0.6 is 22.3 Å². The molecule has 1 rings (SSSR count). The van der Waals surface area contributed by atoms with Gasteiger partial charge in [-0.15, -0.1) is 0 Å². The van der Waals surface area contributed by atoms with E-state index in [4.69, 9.17) is 22.3 Å². The minimum Gasteiger partial charge on any atom is -0.342 e. The third-order valence-corrected chi connectivity index (χ3v) is 4.94. The summed E-state index contributed by atoms with van der Waals surface area (Å²) in [5.41, 5.74) is 0.801. The Balaban J connectivity index is 3.17. The highest BCUT2D eigenvalue weighted by molar-refractivity contribution is 8.13. The number of hydrogen-bond acceptors (Lipinski definition) is 3. The van der Waals surface area contributed by atoms with Crippen molar-refractivity contribution in [3.63, 3.8) is 0 Å². The van der Waals surface area contributed by atoms with E-state index in [1.54, 1.807) is 18.9 Å². The molecule has 0 aliphatic heterocycles. The second-order valence-electron chi connectivity index (χ2n) is 5.42. The Morgan fingerprint density at radius 2 is 1.90 bits per heavy atom. The molecule has 0 atom stereocenters. The molecule has 0 bridgehead atoms. The summed E-state index contributed by atoms with van der Waals surface area (Å²) >= 11 is 6.01. The Morgan fingerprint density at radius 1 is 1.33 bits per heavy atom. The molecule has 21 heavy (non-hydrogen) atoms. The average Bonchev–Trinajstić information content (AvgIpc) is 2.36. The van der Waals surface area contributed by atoms with E-state index in [2.05, 4.69) is 13.8 Å². The third kappa shape index (κ3) is 4.87. The van der Waals surface area contributed by atoms with Gasteiger partial charge >= 0.3 is 0 Å². The van der Waals surface area contributed by atoms with Gasteiger partial charge in [-0.3, -0.25) is 4.79 Å². The molecule has 0 aliphatic carbocycles. The quantitative estimate of drug-likeness (QED) is 0.760. The summed E-state index contributed by atoms with van der Waals surface area (Å²) in [6.07, 6.45) is 0.864. The molecule has 0 spiro atoms. The van der Waals surface area contributed by atoms with Gasteiger partial charge in [0.25, 0.3) is 15.0 Å². The Kier molecular flexibility index (Phi) is 6.08. The fourth-order valence-corrected chi connectivity index (χ4v) is 2.84. The fourth-order valence-electron chi connectivity index (χ4n) is 1.78. The van der Waals surface area contributed by atoms with Gasteiger partial charge in [0.05, 0.1) is 4.90 Å². The van der Waals surface area contributed by atoms with Crippen molar-refractivity contribution in [1.82, 2.24) is 4.90 Å². The SMILES string of the molecule is Cc1c(Cl)cc(S(=O)(=O)Cl)cc1C(=O)N(C)CCC(C)C. The predicted molar refractivity (Wildman–Crippen MR) is 85.6 cm³/mol. The molecular weight excluding hydrogens is 333 g/mol. The number of nitrogens with zero attached hydrogens (tertiary/aromatic N) is 1. The van der Waals surface area contributed by atoms with Crippen LogP contribution in [-0.2, 0) is 9.05 Å². The molecule has 1 aromatic rings. The zero-order valence-corrected chi connectivity index (χ0v) is 14.8. The maximum Gasteiger partial charge on any atom is 0.261 e. The number of carbonyl (C=O) groups excluding carboxylic acids is 1. The highest BCUT2D eigenvalue weighted by Crippen LogP contribution is 2.27. The van der Waals surface area contributed by atoms with Crippen molar-refractivity contribution < 1.29 is 13.2 Å². The van der Waals surface area contributed by atoms with Crippen LogP contribution in [-0.4, -0.2) is 32.8 Å². The van der Waals surface area contributed by atoms with Crippen LogP contribution in [0.15, 0.2) is 17.0 Å². The maximum absolute atomic E-state index is 12.4. The van der Waals surface area contributed by atoms with Crippen LogP contribution in [0.3, 0.4) is 0 Å². The molecule has 0 N–H and O–H groups in total. The second kappa shape index (κ2) is 6.99. The van der Waals surface area contributed by atoms with E-state index in [9.17, 15) is 13.2 Å². The van der Waals surface area contributed by atoms with E-state index < -0.39 is 9.05 Å². The van der Waals surface area contributed by atoms with E-state index in [0.29, 0.717) is 18.0 Å². The van der Waals surface area contributed by atoms with Crippen LogP contribution in [0.25, 0.3) is 0 Å². The van der Waals surface area contributed by atoms with Gasteiger partial charge in [0, 0.05) is 34.9 Å². The monoisotopic (exact) mass is 351 g/mol. The lowest BCUT2D eigenvalue weighted by Crippen LogP contribution is -2.29. The first kappa shape index (κ1) is 18.3. The van der Waals surface area contributed by atoms with Crippen LogP contribution in [0, 0.1) is 12.8 Å².